The van der Waals surface area contributed by atoms with E-state index in [4.69, 9.17) is 14.2 Å². The molecule has 5 nitrogen and oxygen atoms in total. The third kappa shape index (κ3) is 9.46. The number of oxime groups is 1. The summed E-state index contributed by atoms with van der Waals surface area (Å²) >= 11 is 0. The lowest BCUT2D eigenvalue weighted by atomic mass is 10.1. The second-order valence-electron chi connectivity index (χ2n) is 7.68. The van der Waals surface area contributed by atoms with Gasteiger partial charge in [0.2, 0.25) is 0 Å². The van der Waals surface area contributed by atoms with Crippen molar-refractivity contribution in [3.63, 3.8) is 0 Å². The third-order valence-corrected chi connectivity index (χ3v) is 4.98. The zero-order valence-corrected chi connectivity index (χ0v) is 19.9. The first-order valence-corrected chi connectivity index (χ1v) is 11.4. The monoisotopic (exact) mass is 439 g/mol. The third-order valence-electron chi connectivity index (χ3n) is 4.98. The summed E-state index contributed by atoms with van der Waals surface area (Å²) in [7, 11) is 1.55. The summed E-state index contributed by atoms with van der Waals surface area (Å²) in [5.74, 6) is 2.77. The molecule has 0 heterocycles. The summed E-state index contributed by atoms with van der Waals surface area (Å²) in [5.41, 5.74) is 3.48. The van der Waals surface area contributed by atoms with E-state index in [1.807, 2.05) is 43.3 Å². The molecule has 2 rings (SSSR count). The minimum atomic E-state index is 0.589. The van der Waals surface area contributed by atoms with E-state index in [2.05, 4.69) is 36.0 Å². The van der Waals surface area contributed by atoms with Gasteiger partial charge in [0.05, 0.1) is 13.2 Å². The number of unbranched alkanes of at least 4 members (excludes halogenated alkanes) is 2. The first-order valence-electron chi connectivity index (χ1n) is 11.4. The fourth-order valence-electron chi connectivity index (χ4n) is 3.32. The van der Waals surface area contributed by atoms with Crippen molar-refractivity contribution < 1.29 is 19.0 Å². The highest BCUT2D eigenvalue weighted by Crippen LogP contribution is 2.28. The highest BCUT2D eigenvalue weighted by molar-refractivity contribution is 5.56. The lowest BCUT2D eigenvalue weighted by Gasteiger charge is -2.14. The summed E-state index contributed by atoms with van der Waals surface area (Å²) in [5, 5.41) is 3.75. The van der Waals surface area contributed by atoms with Crippen molar-refractivity contribution in [2.45, 2.75) is 52.9 Å². The molecule has 0 spiro atoms. The van der Waals surface area contributed by atoms with Gasteiger partial charge in [0.15, 0.2) is 0 Å². The number of nitrogens with zero attached hydrogens (tertiary/aromatic N) is 1. The molecule has 2 aromatic carbocycles. The number of hydrogen-bond donors (Lipinski definition) is 0. The number of ether oxygens (including phenoxy) is 3. The molecule has 5 heteroatoms. The molecule has 0 aliphatic heterocycles. The molecule has 32 heavy (non-hydrogen) atoms. The first kappa shape index (κ1) is 25.3. The fraction of sp³-hybridized carbons (Fsp3) is 0.444. The van der Waals surface area contributed by atoms with Crippen molar-refractivity contribution in [3.8, 4) is 17.2 Å². The fourth-order valence-corrected chi connectivity index (χ4v) is 3.32. The standard InChI is InChI=1S/C27H37NO4/c1-5-6-17-31-26-20-22(2)27(23(3)21-26)32-19-9-7-8-18-30-25-14-12-24(13-15-25)11-10-16-28-29-4/h5-6,12-16,20-21H,7-11,17-19H2,1-4H3/b6-5+,28-16+. The smallest absolute Gasteiger partial charge is 0.125 e. The van der Waals surface area contributed by atoms with Crippen molar-refractivity contribution in [1.82, 2.24) is 0 Å². The number of rotatable bonds is 15. The zero-order chi connectivity index (χ0) is 23.0. The normalized spacial score (nSPS) is 11.2. The van der Waals surface area contributed by atoms with Crippen molar-refractivity contribution in [2.24, 2.45) is 5.16 Å². The van der Waals surface area contributed by atoms with E-state index in [1.54, 1.807) is 13.3 Å². The predicted molar refractivity (Wildman–Crippen MR) is 131 cm³/mol. The van der Waals surface area contributed by atoms with Crippen LogP contribution in [-0.4, -0.2) is 33.1 Å². The van der Waals surface area contributed by atoms with Gasteiger partial charge in [0.1, 0.15) is 31.0 Å². The maximum absolute atomic E-state index is 6.05. The Balaban J connectivity index is 1.62. The molecule has 0 radical (unpaired) electrons. The Bertz CT molecular complexity index is 820. The minimum Gasteiger partial charge on any atom is -0.494 e. The molecule has 0 aliphatic rings. The summed E-state index contributed by atoms with van der Waals surface area (Å²) < 4.78 is 17.6. The second kappa shape index (κ2) is 15.0. The molecule has 0 aliphatic carbocycles. The van der Waals surface area contributed by atoms with E-state index < -0.39 is 0 Å². The van der Waals surface area contributed by atoms with Crippen molar-refractivity contribution >= 4 is 6.21 Å². The summed E-state index contributed by atoms with van der Waals surface area (Å²) in [6.45, 7) is 8.14. The molecule has 0 amide bonds. The number of benzene rings is 2. The van der Waals surface area contributed by atoms with Crippen LogP contribution in [0.1, 0.15) is 49.3 Å². The topological polar surface area (TPSA) is 49.3 Å². The molecular formula is C27H37NO4. The molecule has 0 aromatic heterocycles. The van der Waals surface area contributed by atoms with Gasteiger partial charge in [0, 0.05) is 6.21 Å². The van der Waals surface area contributed by atoms with E-state index in [0.29, 0.717) is 13.2 Å². The molecule has 0 bridgehead atoms. The summed E-state index contributed by atoms with van der Waals surface area (Å²) in [4.78, 5) is 4.67. The van der Waals surface area contributed by atoms with Gasteiger partial charge in [0.25, 0.3) is 0 Å². The van der Waals surface area contributed by atoms with E-state index in [0.717, 1.165) is 67.1 Å². The SMILES string of the molecule is C/C=C/COc1cc(C)c(OCCCCCOc2ccc(CC/C=N/OC)cc2)c(C)c1. The Morgan fingerprint density at radius 2 is 1.53 bits per heavy atom. The van der Waals surface area contributed by atoms with E-state index >= 15 is 0 Å². The van der Waals surface area contributed by atoms with Crippen LogP contribution in [0.25, 0.3) is 0 Å². The predicted octanol–water partition coefficient (Wildman–Crippen LogP) is 6.45. The van der Waals surface area contributed by atoms with Crippen molar-refractivity contribution in [3.05, 3.63) is 65.2 Å². The van der Waals surface area contributed by atoms with Crippen molar-refractivity contribution in [1.29, 1.82) is 0 Å². The molecule has 0 atom stereocenters. The molecule has 174 valence electrons. The molecule has 0 unspecified atom stereocenters. The lowest BCUT2D eigenvalue weighted by Crippen LogP contribution is -2.03. The molecule has 0 saturated carbocycles. The molecule has 0 N–H and O–H groups in total. The average molecular weight is 440 g/mol. The Hall–Kier alpha value is -2.95. The van der Waals surface area contributed by atoms with Gasteiger partial charge in [-0.2, -0.15) is 0 Å². The quantitative estimate of drug-likeness (QED) is 0.138. The van der Waals surface area contributed by atoms with E-state index in [1.165, 1.54) is 5.56 Å². The first-order chi connectivity index (χ1) is 15.6. The molecular weight excluding hydrogens is 402 g/mol. The Morgan fingerprint density at radius 1 is 0.844 bits per heavy atom. The van der Waals surface area contributed by atoms with Crippen LogP contribution in [0.4, 0.5) is 0 Å². The van der Waals surface area contributed by atoms with Crippen LogP contribution in [0.15, 0.2) is 53.7 Å². The summed E-state index contributed by atoms with van der Waals surface area (Å²) in [6.07, 6.45) is 10.7. The largest absolute Gasteiger partial charge is 0.494 e. The number of aryl methyl sites for hydroxylation is 3. The van der Waals surface area contributed by atoms with Crippen LogP contribution in [-0.2, 0) is 11.3 Å². The van der Waals surface area contributed by atoms with Crippen LogP contribution in [0.3, 0.4) is 0 Å². The molecule has 0 saturated heterocycles. The Morgan fingerprint density at radius 3 is 2.19 bits per heavy atom. The zero-order valence-electron chi connectivity index (χ0n) is 19.9. The van der Waals surface area contributed by atoms with Gasteiger partial charge in [-0.1, -0.05) is 29.4 Å². The van der Waals surface area contributed by atoms with Crippen LogP contribution in [0.5, 0.6) is 17.2 Å². The maximum Gasteiger partial charge on any atom is 0.125 e. The van der Waals surface area contributed by atoms with Gasteiger partial charge in [-0.3, -0.25) is 0 Å². The number of allylic oxidation sites excluding steroid dienone is 1. The Kier molecular flexibility index (Phi) is 11.8. The van der Waals surface area contributed by atoms with E-state index in [9.17, 15) is 0 Å². The van der Waals surface area contributed by atoms with Gasteiger partial charge in [-0.15, -0.1) is 0 Å². The van der Waals surface area contributed by atoms with Crippen molar-refractivity contribution in [2.75, 3.05) is 26.9 Å². The summed E-state index contributed by atoms with van der Waals surface area (Å²) in [6, 6.07) is 12.3. The van der Waals surface area contributed by atoms with Gasteiger partial charge in [-0.05, 0) is 93.8 Å². The van der Waals surface area contributed by atoms with Gasteiger partial charge in [-0.25, -0.2) is 0 Å². The average Bonchev–Trinajstić information content (AvgIpc) is 2.78. The van der Waals surface area contributed by atoms with Crippen LogP contribution < -0.4 is 14.2 Å². The molecule has 2 aromatic rings. The second-order valence-corrected chi connectivity index (χ2v) is 7.68. The van der Waals surface area contributed by atoms with Crippen LogP contribution in [0.2, 0.25) is 0 Å². The van der Waals surface area contributed by atoms with Crippen LogP contribution >= 0.6 is 0 Å². The van der Waals surface area contributed by atoms with E-state index in [-0.39, 0.29) is 0 Å². The minimum absolute atomic E-state index is 0.589. The lowest BCUT2D eigenvalue weighted by molar-refractivity contribution is 0.214. The number of hydrogen-bond acceptors (Lipinski definition) is 5. The van der Waals surface area contributed by atoms with Gasteiger partial charge < -0.3 is 19.0 Å². The highest BCUT2D eigenvalue weighted by atomic mass is 16.6. The molecule has 0 fully saturated rings. The Labute approximate surface area is 193 Å². The maximum atomic E-state index is 6.05. The van der Waals surface area contributed by atoms with Crippen LogP contribution in [0, 0.1) is 13.8 Å². The highest BCUT2D eigenvalue weighted by Gasteiger charge is 2.07. The van der Waals surface area contributed by atoms with Gasteiger partial charge >= 0.3 is 0 Å².